The van der Waals surface area contributed by atoms with Crippen molar-refractivity contribution in [2.45, 2.75) is 70.1 Å². The number of hydrogen-bond donors (Lipinski definition) is 1. The van der Waals surface area contributed by atoms with Gasteiger partial charge in [-0.05, 0) is 69.1 Å². The van der Waals surface area contributed by atoms with E-state index in [9.17, 15) is 27.6 Å². The van der Waals surface area contributed by atoms with E-state index in [4.69, 9.17) is 9.84 Å². The summed E-state index contributed by atoms with van der Waals surface area (Å²) in [6.45, 7) is 6.56. The van der Waals surface area contributed by atoms with Gasteiger partial charge in [0.15, 0.2) is 5.69 Å². The lowest BCUT2D eigenvalue weighted by Gasteiger charge is -2.39. The minimum atomic E-state index is -4.61. The van der Waals surface area contributed by atoms with Crippen molar-refractivity contribution >= 4 is 23.5 Å². The SMILES string of the molecule is CCN1C(=O)[C@@H](NC(=O)c2cccc(C(F)(F)F)c2)[C@@H](C2CC2)c2c(C(=O)N3CC[C@H](C)C3)nn(C3CCOCC3)c21. The first-order valence-electron chi connectivity index (χ1n) is 14.9. The first-order valence-corrected chi connectivity index (χ1v) is 14.9. The number of hydrogen-bond acceptors (Lipinski definition) is 5. The number of rotatable bonds is 6. The lowest BCUT2D eigenvalue weighted by atomic mass is 9.82. The van der Waals surface area contributed by atoms with Crippen LogP contribution >= 0.6 is 0 Å². The number of nitrogens with zero attached hydrogens (tertiary/aromatic N) is 4. The molecule has 3 atom stereocenters. The number of ether oxygens (including phenoxy) is 1. The van der Waals surface area contributed by atoms with Gasteiger partial charge in [0.2, 0.25) is 0 Å². The molecule has 4 heterocycles. The van der Waals surface area contributed by atoms with Gasteiger partial charge in [-0.3, -0.25) is 19.3 Å². The third kappa shape index (κ3) is 5.18. The molecule has 42 heavy (non-hydrogen) atoms. The van der Waals surface area contributed by atoms with E-state index in [1.54, 1.807) is 4.90 Å². The van der Waals surface area contributed by atoms with Crippen LogP contribution in [0.3, 0.4) is 0 Å². The Morgan fingerprint density at radius 2 is 1.86 bits per heavy atom. The Morgan fingerprint density at radius 1 is 1.12 bits per heavy atom. The van der Waals surface area contributed by atoms with Crippen LogP contribution in [0.4, 0.5) is 19.0 Å². The number of nitrogens with one attached hydrogen (secondary N) is 1. The van der Waals surface area contributed by atoms with Crippen LogP contribution in [0.1, 0.15) is 89.9 Å². The van der Waals surface area contributed by atoms with E-state index in [1.807, 2.05) is 16.5 Å². The summed E-state index contributed by atoms with van der Waals surface area (Å²) in [6.07, 6.45) is -0.693. The molecule has 1 saturated carbocycles. The molecule has 0 unspecified atom stereocenters. The number of benzene rings is 1. The van der Waals surface area contributed by atoms with Crippen LogP contribution < -0.4 is 10.2 Å². The number of carbonyl (C=O) groups excluding carboxylic acids is 3. The highest BCUT2D eigenvalue weighted by atomic mass is 19.4. The van der Waals surface area contributed by atoms with Gasteiger partial charge in [-0.25, -0.2) is 4.68 Å². The summed E-state index contributed by atoms with van der Waals surface area (Å²) < 4.78 is 47.5. The van der Waals surface area contributed by atoms with Gasteiger partial charge in [-0.2, -0.15) is 18.3 Å². The average molecular weight is 588 g/mol. The normalized spacial score (nSPS) is 25.1. The Kier molecular flexibility index (Phi) is 7.53. The summed E-state index contributed by atoms with van der Waals surface area (Å²) in [5, 5.41) is 7.72. The molecular formula is C30H36F3N5O4. The minimum absolute atomic E-state index is 0.0370. The second kappa shape index (κ2) is 11.0. The van der Waals surface area contributed by atoms with Gasteiger partial charge in [-0.1, -0.05) is 13.0 Å². The number of aromatic nitrogens is 2. The molecule has 2 saturated heterocycles. The fourth-order valence-corrected chi connectivity index (χ4v) is 6.70. The second-order valence-corrected chi connectivity index (χ2v) is 12.0. The number of halogens is 3. The first kappa shape index (κ1) is 28.7. The molecule has 12 heteroatoms. The standard InChI is InChI=1S/C30H36F3N5O4/c1-3-37-27-23(25(28(40)36-12-9-17(2)16-36)35-38(27)21-10-13-42-14-11-21)22(18-7-8-18)24(29(37)41)34-26(39)19-5-4-6-20(15-19)30(31,32)33/h4-6,15,17-18,21-22,24H,3,7-14,16H2,1-2H3,(H,34,39)/t17-,22-,24-/m0/s1. The molecule has 6 rings (SSSR count). The van der Waals surface area contributed by atoms with E-state index < -0.39 is 29.6 Å². The van der Waals surface area contributed by atoms with Crippen molar-refractivity contribution in [2.75, 3.05) is 37.7 Å². The van der Waals surface area contributed by atoms with E-state index >= 15 is 0 Å². The number of anilines is 1. The topological polar surface area (TPSA) is 96.8 Å². The van der Waals surface area contributed by atoms with Crippen molar-refractivity contribution in [2.24, 2.45) is 11.8 Å². The Hall–Kier alpha value is -3.41. The molecule has 9 nitrogen and oxygen atoms in total. The smallest absolute Gasteiger partial charge is 0.381 e. The highest BCUT2D eigenvalue weighted by molar-refractivity contribution is 6.07. The summed E-state index contributed by atoms with van der Waals surface area (Å²) in [4.78, 5) is 45.0. The predicted molar refractivity (Wildman–Crippen MR) is 147 cm³/mol. The summed E-state index contributed by atoms with van der Waals surface area (Å²) in [5.41, 5.74) is -0.135. The molecule has 3 fully saturated rings. The van der Waals surface area contributed by atoms with Crippen molar-refractivity contribution in [3.05, 3.63) is 46.6 Å². The van der Waals surface area contributed by atoms with Crippen molar-refractivity contribution in [3.8, 4) is 0 Å². The van der Waals surface area contributed by atoms with E-state index in [2.05, 4.69) is 12.2 Å². The number of alkyl halides is 3. The average Bonchev–Trinajstić information content (AvgIpc) is 3.61. The van der Waals surface area contributed by atoms with Gasteiger partial charge in [0.25, 0.3) is 17.7 Å². The Morgan fingerprint density at radius 3 is 2.48 bits per heavy atom. The first-order chi connectivity index (χ1) is 20.1. The van der Waals surface area contributed by atoms with Crippen molar-refractivity contribution in [3.63, 3.8) is 0 Å². The van der Waals surface area contributed by atoms with E-state index in [-0.39, 0.29) is 35.9 Å². The highest BCUT2D eigenvalue weighted by Crippen LogP contribution is 2.52. The summed E-state index contributed by atoms with van der Waals surface area (Å²) in [7, 11) is 0. The minimum Gasteiger partial charge on any atom is -0.381 e. The zero-order valence-electron chi connectivity index (χ0n) is 23.8. The maximum absolute atomic E-state index is 14.1. The molecule has 0 radical (unpaired) electrons. The Bertz CT molecular complexity index is 1380. The van der Waals surface area contributed by atoms with Crippen LogP contribution in [0.15, 0.2) is 24.3 Å². The maximum atomic E-state index is 14.1. The van der Waals surface area contributed by atoms with Gasteiger partial charge in [0.1, 0.15) is 11.9 Å². The van der Waals surface area contributed by atoms with Crippen LogP contribution in [0.2, 0.25) is 0 Å². The third-order valence-electron chi connectivity index (χ3n) is 9.04. The molecule has 0 spiro atoms. The molecule has 3 aliphatic heterocycles. The van der Waals surface area contributed by atoms with Crippen molar-refractivity contribution < 1.29 is 32.3 Å². The van der Waals surface area contributed by atoms with Crippen LogP contribution in [-0.4, -0.2) is 71.3 Å². The molecule has 1 N–H and O–H groups in total. The lowest BCUT2D eigenvalue weighted by Crippen LogP contribution is -2.56. The Labute approximate surface area is 242 Å². The van der Waals surface area contributed by atoms with Crippen LogP contribution in [-0.2, 0) is 15.7 Å². The molecule has 1 aliphatic carbocycles. The molecule has 2 aromatic rings. The Balaban J connectivity index is 1.43. The molecule has 4 aliphatic rings. The number of fused-ring (bicyclic) bond motifs is 1. The summed E-state index contributed by atoms with van der Waals surface area (Å²) in [5.74, 6) is -0.791. The summed E-state index contributed by atoms with van der Waals surface area (Å²) >= 11 is 0. The van der Waals surface area contributed by atoms with Crippen molar-refractivity contribution in [1.82, 2.24) is 20.0 Å². The number of likely N-dealkylation sites (tertiary alicyclic amines) is 1. The fourth-order valence-electron chi connectivity index (χ4n) is 6.70. The zero-order valence-corrected chi connectivity index (χ0v) is 23.8. The van der Waals surface area contributed by atoms with Gasteiger partial charge < -0.3 is 15.0 Å². The van der Waals surface area contributed by atoms with Crippen molar-refractivity contribution in [1.29, 1.82) is 0 Å². The van der Waals surface area contributed by atoms with Gasteiger partial charge in [-0.15, -0.1) is 0 Å². The molecule has 1 aromatic heterocycles. The van der Waals surface area contributed by atoms with Crippen LogP contribution in [0.5, 0.6) is 0 Å². The quantitative estimate of drug-likeness (QED) is 0.541. The molecular weight excluding hydrogens is 551 g/mol. The van der Waals surface area contributed by atoms with Gasteiger partial charge in [0, 0.05) is 49.9 Å². The predicted octanol–water partition coefficient (Wildman–Crippen LogP) is 4.39. The van der Waals surface area contributed by atoms with Gasteiger partial charge >= 0.3 is 6.18 Å². The van der Waals surface area contributed by atoms with E-state index in [0.29, 0.717) is 62.1 Å². The summed E-state index contributed by atoms with van der Waals surface area (Å²) in [6, 6.07) is 3.10. The second-order valence-electron chi connectivity index (χ2n) is 12.0. The molecule has 226 valence electrons. The number of likely N-dealkylation sites (N-methyl/N-ethyl adjacent to an activating group) is 1. The third-order valence-corrected chi connectivity index (χ3v) is 9.04. The van der Waals surface area contributed by atoms with Crippen LogP contribution in [0, 0.1) is 11.8 Å². The van der Waals surface area contributed by atoms with E-state index in [1.165, 1.54) is 12.1 Å². The lowest BCUT2D eigenvalue weighted by molar-refractivity contribution is -0.137. The zero-order chi connectivity index (χ0) is 29.8. The fraction of sp³-hybridized carbons (Fsp3) is 0.600. The molecule has 1 aromatic carbocycles. The van der Waals surface area contributed by atoms with Gasteiger partial charge in [0.05, 0.1) is 11.6 Å². The number of carbonyl (C=O) groups is 3. The van der Waals surface area contributed by atoms with Crippen LogP contribution in [0.25, 0.3) is 0 Å². The maximum Gasteiger partial charge on any atom is 0.416 e. The highest BCUT2D eigenvalue weighted by Gasteiger charge is 2.52. The monoisotopic (exact) mass is 587 g/mol. The largest absolute Gasteiger partial charge is 0.416 e. The molecule has 0 bridgehead atoms. The van der Waals surface area contributed by atoms with E-state index in [0.717, 1.165) is 31.4 Å². The molecule has 3 amide bonds. The number of amides is 3.